The fourth-order valence-electron chi connectivity index (χ4n) is 2.07. The predicted octanol–water partition coefficient (Wildman–Crippen LogP) is 3.90. The Bertz CT molecular complexity index is 928. The first-order valence-corrected chi connectivity index (χ1v) is 7.16. The third kappa shape index (κ3) is 3.25. The molecule has 0 saturated carbocycles. The van der Waals surface area contributed by atoms with Crippen molar-refractivity contribution < 1.29 is 13.2 Å². The van der Waals surface area contributed by atoms with E-state index < -0.39 is 11.7 Å². The van der Waals surface area contributed by atoms with E-state index in [1.807, 2.05) is 0 Å². The molecule has 0 amide bonds. The fraction of sp³-hybridized carbons (Fsp3) is 0.0667. The minimum absolute atomic E-state index is 0.0646. The van der Waals surface area contributed by atoms with E-state index in [1.54, 1.807) is 24.5 Å². The largest absolute Gasteiger partial charge is 0.417 e. The average Bonchev–Trinajstić information content (AvgIpc) is 2.94. The summed E-state index contributed by atoms with van der Waals surface area (Å²) in [7, 11) is 0. The van der Waals surface area contributed by atoms with Gasteiger partial charge in [-0.2, -0.15) is 28.0 Å². The van der Waals surface area contributed by atoms with Crippen LogP contribution >= 0.6 is 12.2 Å². The second-order valence-corrected chi connectivity index (χ2v) is 5.12. The van der Waals surface area contributed by atoms with Crippen LogP contribution in [0.1, 0.15) is 11.1 Å². The lowest BCUT2D eigenvalue weighted by atomic mass is 10.1. The molecule has 24 heavy (non-hydrogen) atoms. The first-order valence-electron chi connectivity index (χ1n) is 6.75. The predicted molar refractivity (Wildman–Crippen MR) is 85.1 cm³/mol. The van der Waals surface area contributed by atoms with Crippen LogP contribution in [0.5, 0.6) is 0 Å². The number of alkyl halides is 3. The number of H-pyrrole nitrogens is 1. The Morgan fingerprint density at radius 2 is 1.96 bits per heavy atom. The van der Waals surface area contributed by atoms with Crippen LogP contribution in [0.3, 0.4) is 0 Å². The van der Waals surface area contributed by atoms with Crippen LogP contribution < -0.4 is 0 Å². The molecule has 0 unspecified atom stereocenters. The van der Waals surface area contributed by atoms with Gasteiger partial charge in [-0.1, -0.05) is 18.2 Å². The summed E-state index contributed by atoms with van der Waals surface area (Å²) in [5, 5.41) is 10.7. The number of nitrogens with zero attached hydrogens (tertiary/aromatic N) is 4. The lowest BCUT2D eigenvalue weighted by Crippen LogP contribution is -2.09. The van der Waals surface area contributed by atoms with Crippen LogP contribution in [0.2, 0.25) is 0 Å². The summed E-state index contributed by atoms with van der Waals surface area (Å²) in [6.45, 7) is 0. The Hall–Kier alpha value is -2.81. The van der Waals surface area contributed by atoms with Gasteiger partial charge < -0.3 is 0 Å². The van der Waals surface area contributed by atoms with E-state index in [-0.39, 0.29) is 10.3 Å². The molecule has 5 nitrogen and oxygen atoms in total. The normalized spacial score (nSPS) is 12.0. The van der Waals surface area contributed by atoms with Crippen LogP contribution in [0.15, 0.2) is 53.9 Å². The number of hydrogen-bond donors (Lipinski definition) is 1. The van der Waals surface area contributed by atoms with Gasteiger partial charge in [0.25, 0.3) is 0 Å². The summed E-state index contributed by atoms with van der Waals surface area (Å²) >= 11 is 5.08. The van der Waals surface area contributed by atoms with Crippen molar-refractivity contribution in [2.45, 2.75) is 6.18 Å². The van der Waals surface area contributed by atoms with Gasteiger partial charge >= 0.3 is 6.18 Å². The summed E-state index contributed by atoms with van der Waals surface area (Å²) in [6, 6.07) is 8.61. The summed E-state index contributed by atoms with van der Waals surface area (Å²) in [5.41, 5.74) is -0.206. The smallest absolute Gasteiger partial charge is 0.264 e. The van der Waals surface area contributed by atoms with E-state index >= 15 is 0 Å². The molecule has 0 radical (unpaired) electrons. The fourth-order valence-corrected chi connectivity index (χ4v) is 2.25. The summed E-state index contributed by atoms with van der Waals surface area (Å²) in [6.07, 6.45) is -0.209. The molecule has 0 fully saturated rings. The van der Waals surface area contributed by atoms with Crippen molar-refractivity contribution in [3.8, 4) is 11.4 Å². The molecule has 0 atom stereocenters. The molecule has 3 aromatic rings. The zero-order valence-electron chi connectivity index (χ0n) is 12.0. The molecular weight excluding hydrogens is 339 g/mol. The number of benzene rings is 1. The van der Waals surface area contributed by atoms with Crippen molar-refractivity contribution in [3.63, 3.8) is 0 Å². The second kappa shape index (κ2) is 6.36. The monoisotopic (exact) mass is 349 g/mol. The number of halogens is 3. The lowest BCUT2D eigenvalue weighted by molar-refractivity contribution is -0.137. The Morgan fingerprint density at radius 1 is 1.17 bits per heavy atom. The third-order valence-electron chi connectivity index (χ3n) is 3.15. The number of nitrogens with one attached hydrogen (secondary N) is 1. The van der Waals surface area contributed by atoms with E-state index in [4.69, 9.17) is 12.2 Å². The topological polar surface area (TPSA) is 58.9 Å². The van der Waals surface area contributed by atoms with Gasteiger partial charge in [0.2, 0.25) is 4.77 Å². The molecule has 3 rings (SSSR count). The molecule has 2 aromatic heterocycles. The molecule has 0 aliphatic carbocycles. The second-order valence-electron chi connectivity index (χ2n) is 4.74. The average molecular weight is 349 g/mol. The third-order valence-corrected chi connectivity index (χ3v) is 3.41. The molecule has 9 heteroatoms. The highest BCUT2D eigenvalue weighted by Crippen LogP contribution is 2.31. The molecule has 122 valence electrons. The van der Waals surface area contributed by atoms with E-state index in [9.17, 15) is 13.2 Å². The number of rotatable bonds is 3. The van der Waals surface area contributed by atoms with Crippen molar-refractivity contribution in [1.82, 2.24) is 19.9 Å². The number of aromatic amines is 1. The molecule has 0 aliphatic rings. The molecule has 0 aliphatic heterocycles. The van der Waals surface area contributed by atoms with Crippen molar-refractivity contribution in [3.05, 3.63) is 64.7 Å². The maximum Gasteiger partial charge on any atom is 0.417 e. The highest BCUT2D eigenvalue weighted by molar-refractivity contribution is 7.71. The Kier molecular flexibility index (Phi) is 4.26. The first-order chi connectivity index (χ1) is 11.5. The van der Waals surface area contributed by atoms with Gasteiger partial charge in [0.05, 0.1) is 11.8 Å². The van der Waals surface area contributed by atoms with E-state index in [0.29, 0.717) is 11.4 Å². The molecule has 0 spiro atoms. The van der Waals surface area contributed by atoms with Gasteiger partial charge in [-0.3, -0.25) is 4.98 Å². The standard InChI is InChI=1S/C15H10F3N5S/c16-15(17,18)12-6-2-1-4-10(12)9-20-23-13(21-22-14(23)24)11-5-3-7-19-8-11/h1-9H,(H,22,24)/b20-9+. The Balaban J connectivity index is 2.04. The van der Waals surface area contributed by atoms with Gasteiger partial charge in [-0.05, 0) is 30.4 Å². The van der Waals surface area contributed by atoms with Gasteiger partial charge in [0.15, 0.2) is 5.82 Å². The molecule has 1 aromatic carbocycles. The number of aromatic nitrogens is 4. The molecule has 2 heterocycles. The van der Waals surface area contributed by atoms with Gasteiger partial charge in [-0.15, -0.1) is 0 Å². The summed E-state index contributed by atoms with van der Waals surface area (Å²) in [5.74, 6) is 0.355. The van der Waals surface area contributed by atoms with E-state index in [0.717, 1.165) is 12.3 Å². The SMILES string of the molecule is FC(F)(F)c1ccccc1/C=N/n1c(-c2cccnc2)n[nH]c1=S. The highest BCUT2D eigenvalue weighted by atomic mass is 32.1. The zero-order valence-corrected chi connectivity index (χ0v) is 12.8. The number of hydrogen-bond acceptors (Lipinski definition) is 4. The van der Waals surface area contributed by atoms with Crippen LogP contribution in [0.4, 0.5) is 13.2 Å². The highest BCUT2D eigenvalue weighted by Gasteiger charge is 2.32. The van der Waals surface area contributed by atoms with Crippen LogP contribution in [0, 0.1) is 4.77 Å². The molecule has 1 N–H and O–H groups in total. The van der Waals surface area contributed by atoms with Crippen molar-refractivity contribution >= 4 is 18.4 Å². The van der Waals surface area contributed by atoms with Crippen LogP contribution in [-0.2, 0) is 6.18 Å². The van der Waals surface area contributed by atoms with Crippen LogP contribution in [-0.4, -0.2) is 26.1 Å². The quantitative estimate of drug-likeness (QED) is 0.576. The van der Waals surface area contributed by atoms with Gasteiger partial charge in [-0.25, -0.2) is 5.10 Å². The number of pyridine rings is 1. The minimum atomic E-state index is -4.47. The Labute approximate surface area is 139 Å². The van der Waals surface area contributed by atoms with E-state index in [2.05, 4.69) is 20.3 Å². The molecular formula is C15H10F3N5S. The van der Waals surface area contributed by atoms with Crippen molar-refractivity contribution in [2.24, 2.45) is 5.10 Å². The zero-order chi connectivity index (χ0) is 17.2. The molecule has 0 saturated heterocycles. The van der Waals surface area contributed by atoms with Gasteiger partial charge in [0, 0.05) is 23.5 Å². The maximum atomic E-state index is 13.0. The lowest BCUT2D eigenvalue weighted by Gasteiger charge is -2.09. The van der Waals surface area contributed by atoms with E-state index in [1.165, 1.54) is 22.9 Å². The Morgan fingerprint density at radius 3 is 2.67 bits per heavy atom. The van der Waals surface area contributed by atoms with Crippen molar-refractivity contribution in [2.75, 3.05) is 0 Å². The molecule has 0 bridgehead atoms. The first kappa shape index (κ1) is 16.1. The van der Waals surface area contributed by atoms with Crippen molar-refractivity contribution in [1.29, 1.82) is 0 Å². The summed E-state index contributed by atoms with van der Waals surface area (Å²) < 4.78 is 40.5. The maximum absolute atomic E-state index is 13.0. The summed E-state index contributed by atoms with van der Waals surface area (Å²) in [4.78, 5) is 3.97. The van der Waals surface area contributed by atoms with Gasteiger partial charge in [0.1, 0.15) is 0 Å². The van der Waals surface area contributed by atoms with Crippen LogP contribution in [0.25, 0.3) is 11.4 Å². The minimum Gasteiger partial charge on any atom is -0.264 e.